The van der Waals surface area contributed by atoms with Crippen molar-refractivity contribution in [2.75, 3.05) is 13.2 Å². The van der Waals surface area contributed by atoms with Gasteiger partial charge in [0.25, 0.3) is 6.43 Å². The predicted octanol–water partition coefficient (Wildman–Crippen LogP) is -2.28. The van der Waals surface area contributed by atoms with E-state index in [-0.39, 0.29) is 25.4 Å². The van der Waals surface area contributed by atoms with Gasteiger partial charge in [0.15, 0.2) is 18.4 Å². The SMILES string of the molecule is CC(O)C(N)=N[C@@H]1C[C@H](N)C(O[C@H]2O[C@H](CNC(=N)C(F)F)CCC2N)C(O)C1O[C@H]1OCC(C)(O)[C@H](C)C1O. The maximum absolute atomic E-state index is 12.7. The monoisotopic (exact) mass is 582 g/mol. The first-order valence-electron chi connectivity index (χ1n) is 13.4. The molecule has 0 aromatic carbocycles. The maximum atomic E-state index is 12.7. The number of amidine groups is 2. The molecule has 16 heteroatoms. The zero-order chi connectivity index (χ0) is 29.9. The summed E-state index contributed by atoms with van der Waals surface area (Å²) in [6.07, 6.45) is -10.9. The smallest absolute Gasteiger partial charge is 0.294 e. The molecule has 1 aliphatic carbocycles. The molecule has 12 N–H and O–H groups in total. The molecule has 13 atom stereocenters. The van der Waals surface area contributed by atoms with Crippen LogP contribution in [0.25, 0.3) is 0 Å². The van der Waals surface area contributed by atoms with Gasteiger partial charge in [-0.2, -0.15) is 0 Å². The fourth-order valence-electron chi connectivity index (χ4n) is 4.96. The highest BCUT2D eigenvalue weighted by molar-refractivity contribution is 5.84. The van der Waals surface area contributed by atoms with Crippen molar-refractivity contribution in [3.63, 3.8) is 0 Å². The second kappa shape index (κ2) is 13.6. The van der Waals surface area contributed by atoms with Crippen molar-refractivity contribution in [2.45, 2.75) is 119 Å². The molecule has 0 bridgehead atoms. The fraction of sp³-hybridized carbons (Fsp3) is 0.917. The minimum Gasteiger partial charge on any atom is -0.388 e. The van der Waals surface area contributed by atoms with Gasteiger partial charge < -0.3 is 61.9 Å². The Hall–Kier alpha value is -1.60. The summed E-state index contributed by atoms with van der Waals surface area (Å²) < 4.78 is 48.8. The number of nitrogens with two attached hydrogens (primary N) is 3. The molecular weight excluding hydrogens is 538 g/mol. The first-order valence-corrected chi connectivity index (χ1v) is 13.4. The summed E-state index contributed by atoms with van der Waals surface area (Å²) in [5.41, 5.74) is 17.1. The van der Waals surface area contributed by atoms with Crippen LogP contribution in [-0.2, 0) is 18.9 Å². The molecule has 0 aromatic heterocycles. The van der Waals surface area contributed by atoms with Gasteiger partial charge >= 0.3 is 0 Å². The third-order valence-electron chi connectivity index (χ3n) is 7.86. The van der Waals surface area contributed by atoms with Crippen molar-refractivity contribution in [3.8, 4) is 0 Å². The van der Waals surface area contributed by atoms with Gasteiger partial charge in [0.1, 0.15) is 36.4 Å². The summed E-state index contributed by atoms with van der Waals surface area (Å²) in [7, 11) is 0. The number of hydrogen-bond acceptors (Lipinski definition) is 12. The van der Waals surface area contributed by atoms with E-state index >= 15 is 0 Å². The second-order valence-electron chi connectivity index (χ2n) is 11.2. The van der Waals surface area contributed by atoms with E-state index in [9.17, 15) is 29.2 Å². The summed E-state index contributed by atoms with van der Waals surface area (Å²) in [4.78, 5) is 4.31. The van der Waals surface area contributed by atoms with Crippen LogP contribution in [0.2, 0.25) is 0 Å². The zero-order valence-corrected chi connectivity index (χ0v) is 22.9. The average Bonchev–Trinajstić information content (AvgIpc) is 2.88. The quantitative estimate of drug-likeness (QED) is 0.103. The zero-order valence-electron chi connectivity index (χ0n) is 22.9. The summed E-state index contributed by atoms with van der Waals surface area (Å²) in [6, 6.07) is -2.28. The van der Waals surface area contributed by atoms with E-state index in [0.717, 1.165) is 0 Å². The Morgan fingerprint density at radius 3 is 2.42 bits per heavy atom. The second-order valence-corrected chi connectivity index (χ2v) is 11.2. The Morgan fingerprint density at radius 2 is 1.80 bits per heavy atom. The molecule has 2 heterocycles. The molecule has 232 valence electrons. The molecule has 7 unspecified atom stereocenters. The maximum Gasteiger partial charge on any atom is 0.294 e. The summed E-state index contributed by atoms with van der Waals surface area (Å²) in [6.45, 7) is 4.39. The average molecular weight is 583 g/mol. The topological polar surface area (TPSA) is 244 Å². The molecule has 2 saturated heterocycles. The Balaban J connectivity index is 1.77. The standard InChI is InChI=1S/C24H44F2N6O8/c1-9-15(34)23(37-8-24(9,3)36)40-18-14(32-20(29)10(2)33)6-13(28)17(16(18)35)39-22-12(27)5-4-11(38-22)7-31-21(30)19(25)26/h9-19,22-23,33-36H,4-8,27-28H2,1-3H3,(H2,29,32)(H2,30,31)/t9-,10?,11+,12?,13+,14-,15?,16?,17?,18?,22-,23-,24?/m1/s1. The van der Waals surface area contributed by atoms with Crippen LogP contribution in [-0.4, -0.2) is 125 Å². The number of ether oxygens (including phenoxy) is 4. The van der Waals surface area contributed by atoms with Gasteiger partial charge in [-0.3, -0.25) is 10.4 Å². The highest BCUT2D eigenvalue weighted by Gasteiger charge is 2.51. The minimum atomic E-state index is -2.94. The van der Waals surface area contributed by atoms with Crippen molar-refractivity contribution < 1.29 is 48.2 Å². The van der Waals surface area contributed by atoms with Crippen LogP contribution in [0.4, 0.5) is 8.78 Å². The number of alkyl halides is 2. The van der Waals surface area contributed by atoms with E-state index in [2.05, 4.69) is 10.3 Å². The van der Waals surface area contributed by atoms with E-state index in [0.29, 0.717) is 12.8 Å². The molecule has 3 rings (SSSR count). The Labute approximate surface area is 231 Å². The number of aliphatic hydroxyl groups excluding tert-OH is 3. The molecule has 0 aromatic rings. The van der Waals surface area contributed by atoms with E-state index in [1.807, 2.05) is 0 Å². The van der Waals surface area contributed by atoms with Crippen LogP contribution in [0.1, 0.15) is 40.0 Å². The molecule has 1 saturated carbocycles. The lowest BCUT2D eigenvalue weighted by molar-refractivity contribution is -0.312. The van der Waals surface area contributed by atoms with E-state index in [4.69, 9.17) is 41.6 Å². The number of halogens is 2. The number of nitrogens with one attached hydrogen (secondary N) is 2. The van der Waals surface area contributed by atoms with Gasteiger partial charge in [-0.1, -0.05) is 6.92 Å². The number of aliphatic hydroxyl groups is 4. The fourth-order valence-corrected chi connectivity index (χ4v) is 4.96. The predicted molar refractivity (Wildman–Crippen MR) is 139 cm³/mol. The van der Waals surface area contributed by atoms with E-state index < -0.39 is 91.1 Å². The Morgan fingerprint density at radius 1 is 1.15 bits per heavy atom. The molecule has 0 radical (unpaired) electrons. The molecule has 2 aliphatic heterocycles. The van der Waals surface area contributed by atoms with Gasteiger partial charge in [0, 0.05) is 18.5 Å². The van der Waals surface area contributed by atoms with Gasteiger partial charge in [0.05, 0.1) is 30.4 Å². The number of nitrogens with zero attached hydrogens (tertiary/aromatic N) is 1. The van der Waals surface area contributed by atoms with Crippen LogP contribution in [0.3, 0.4) is 0 Å². The molecule has 3 fully saturated rings. The molecule has 0 amide bonds. The third kappa shape index (κ3) is 7.81. The van der Waals surface area contributed by atoms with Crippen molar-refractivity contribution >= 4 is 11.7 Å². The number of hydrogen-bond donors (Lipinski definition) is 9. The molecule has 0 spiro atoms. The molecular formula is C24H44F2N6O8. The van der Waals surface area contributed by atoms with Crippen LogP contribution in [0, 0.1) is 11.3 Å². The van der Waals surface area contributed by atoms with Crippen molar-refractivity contribution in [3.05, 3.63) is 0 Å². The van der Waals surface area contributed by atoms with Crippen molar-refractivity contribution in [1.29, 1.82) is 5.41 Å². The van der Waals surface area contributed by atoms with Crippen LogP contribution in [0.5, 0.6) is 0 Å². The minimum absolute atomic E-state index is 0.0605. The summed E-state index contributed by atoms with van der Waals surface area (Å²) in [5, 5.41) is 52.1. The summed E-state index contributed by atoms with van der Waals surface area (Å²) in [5.74, 6) is -1.66. The highest BCUT2D eigenvalue weighted by atomic mass is 19.3. The van der Waals surface area contributed by atoms with E-state index in [1.165, 1.54) is 13.8 Å². The van der Waals surface area contributed by atoms with Gasteiger partial charge in [0.2, 0.25) is 0 Å². The molecule has 14 nitrogen and oxygen atoms in total. The lowest BCUT2D eigenvalue weighted by Gasteiger charge is -2.48. The third-order valence-corrected chi connectivity index (χ3v) is 7.86. The lowest BCUT2D eigenvalue weighted by Crippen LogP contribution is -2.64. The van der Waals surface area contributed by atoms with Gasteiger partial charge in [-0.05, 0) is 33.1 Å². The van der Waals surface area contributed by atoms with E-state index in [1.54, 1.807) is 6.92 Å². The lowest BCUT2D eigenvalue weighted by atomic mass is 9.83. The molecule has 40 heavy (non-hydrogen) atoms. The van der Waals surface area contributed by atoms with Crippen molar-refractivity contribution in [1.82, 2.24) is 5.32 Å². The van der Waals surface area contributed by atoms with Crippen molar-refractivity contribution in [2.24, 2.45) is 28.1 Å². The van der Waals surface area contributed by atoms with Crippen LogP contribution >= 0.6 is 0 Å². The van der Waals surface area contributed by atoms with Gasteiger partial charge in [-0.15, -0.1) is 0 Å². The first kappa shape index (κ1) is 32.9. The number of rotatable bonds is 9. The van der Waals surface area contributed by atoms with Gasteiger partial charge in [-0.25, -0.2) is 8.78 Å². The normalized spacial score (nSPS) is 43.9. The Kier molecular flexibility index (Phi) is 11.2. The largest absolute Gasteiger partial charge is 0.388 e. The number of aliphatic imine (C=N–C) groups is 1. The first-order chi connectivity index (χ1) is 18.6. The molecule has 3 aliphatic rings. The van der Waals surface area contributed by atoms with Crippen LogP contribution < -0.4 is 22.5 Å². The highest BCUT2D eigenvalue weighted by Crippen LogP contribution is 2.35. The Bertz CT molecular complexity index is 886. The van der Waals surface area contributed by atoms with Crippen LogP contribution in [0.15, 0.2) is 4.99 Å². The summed E-state index contributed by atoms with van der Waals surface area (Å²) >= 11 is 0.